The van der Waals surface area contributed by atoms with Gasteiger partial charge in [-0.05, 0) is 56.0 Å². The lowest BCUT2D eigenvalue weighted by Gasteiger charge is -2.33. The summed E-state index contributed by atoms with van der Waals surface area (Å²) in [5.74, 6) is -0.577. The van der Waals surface area contributed by atoms with Crippen LogP contribution in [0.2, 0.25) is 0 Å². The summed E-state index contributed by atoms with van der Waals surface area (Å²) < 4.78 is 32.3. The first kappa shape index (κ1) is 31.1. The predicted molar refractivity (Wildman–Crippen MR) is 168 cm³/mol. The molecule has 0 radical (unpaired) electrons. The molecule has 2 aliphatic rings. The first-order valence-corrected chi connectivity index (χ1v) is 15.3. The number of nitrogens with one attached hydrogen (secondary N) is 1. The quantitative estimate of drug-likeness (QED) is 0.232. The molecule has 0 spiro atoms. The summed E-state index contributed by atoms with van der Waals surface area (Å²) in [5.41, 5.74) is 1.83. The maximum Gasteiger partial charge on any atom is 0.415 e. The molecule has 1 amide bonds. The van der Waals surface area contributed by atoms with Crippen molar-refractivity contribution in [2.75, 3.05) is 26.7 Å². The van der Waals surface area contributed by atoms with Gasteiger partial charge in [0.05, 0.1) is 23.4 Å². The van der Waals surface area contributed by atoms with E-state index in [1.54, 1.807) is 23.1 Å². The number of fused-ring (bicyclic) bond motifs is 1. The molecule has 2 heterocycles. The number of aryl methyl sites for hydroxylation is 1. The molecule has 0 unspecified atom stereocenters. The zero-order valence-corrected chi connectivity index (χ0v) is 26.0. The molecule has 1 aliphatic heterocycles. The monoisotopic (exact) mass is 626 g/mol. The zero-order valence-electron chi connectivity index (χ0n) is 26.0. The number of Topliss-reactive ketones (excluding diaryl/α,β-unsaturated/α-hetero) is 2. The number of hydrogen-bond donors (Lipinski definition) is 1. The number of ether oxygens (including phenoxy) is 3. The molecule has 1 aromatic heterocycles. The third-order valence-electron chi connectivity index (χ3n) is 8.69. The molecule has 238 valence electrons. The van der Waals surface area contributed by atoms with Crippen molar-refractivity contribution in [2.45, 2.75) is 45.6 Å². The minimum Gasteiger partial charge on any atom is -0.493 e. The normalized spacial score (nSPS) is 17.0. The van der Waals surface area contributed by atoms with Crippen molar-refractivity contribution in [1.82, 2.24) is 20.2 Å². The molecule has 46 heavy (non-hydrogen) atoms. The van der Waals surface area contributed by atoms with Gasteiger partial charge in [0.25, 0.3) is 0 Å². The number of benzene rings is 3. The minimum absolute atomic E-state index is 0.0316. The van der Waals surface area contributed by atoms with E-state index in [1.807, 2.05) is 38.1 Å². The van der Waals surface area contributed by atoms with Crippen molar-refractivity contribution in [2.24, 2.45) is 5.41 Å². The van der Waals surface area contributed by atoms with Crippen LogP contribution >= 0.6 is 0 Å². The molecule has 11 heteroatoms. The van der Waals surface area contributed by atoms with Crippen LogP contribution in [-0.4, -0.2) is 65.3 Å². The molecule has 10 nitrogen and oxygen atoms in total. The Balaban J connectivity index is 1.16. The summed E-state index contributed by atoms with van der Waals surface area (Å²) in [4.78, 5) is 49.3. The van der Waals surface area contributed by atoms with Gasteiger partial charge in [0, 0.05) is 44.6 Å². The molecule has 2 fully saturated rings. The number of methoxy groups -OCH3 is 1. The second kappa shape index (κ2) is 12.8. The number of halogens is 1. The van der Waals surface area contributed by atoms with E-state index in [-0.39, 0.29) is 53.6 Å². The Hall–Kier alpha value is -4.90. The van der Waals surface area contributed by atoms with Crippen LogP contribution in [0.5, 0.6) is 23.1 Å². The van der Waals surface area contributed by atoms with Gasteiger partial charge < -0.3 is 24.4 Å². The smallest absolute Gasteiger partial charge is 0.415 e. The van der Waals surface area contributed by atoms with Gasteiger partial charge in [-0.3, -0.25) is 9.59 Å². The number of aromatic nitrogens is 2. The molecule has 1 saturated carbocycles. The lowest BCUT2D eigenvalue weighted by molar-refractivity contribution is -0.133. The van der Waals surface area contributed by atoms with Gasteiger partial charge in [-0.2, -0.15) is 0 Å². The van der Waals surface area contributed by atoms with Crippen molar-refractivity contribution in [3.8, 4) is 23.1 Å². The van der Waals surface area contributed by atoms with Crippen molar-refractivity contribution >= 4 is 28.6 Å². The highest BCUT2D eigenvalue weighted by atomic mass is 19.1. The molecular formula is C35H35FN4O6. The Kier molecular flexibility index (Phi) is 8.68. The SMILES string of the molecule is COc1cc2c(Oc3ccc(CC(=O)C4(C(=O)Cc5ccc(C)cc5)CC4)cc3F)ncnc2cc1OC(=O)N1CCNC[C@H]1C. The topological polar surface area (TPSA) is 120 Å². The van der Waals surface area contributed by atoms with Gasteiger partial charge >= 0.3 is 6.09 Å². The highest BCUT2D eigenvalue weighted by Crippen LogP contribution is 2.49. The lowest BCUT2D eigenvalue weighted by Crippen LogP contribution is -2.53. The van der Waals surface area contributed by atoms with E-state index in [0.29, 0.717) is 48.9 Å². The average molecular weight is 627 g/mol. The maximum atomic E-state index is 15.3. The number of nitrogens with zero attached hydrogens (tertiary/aromatic N) is 3. The van der Waals surface area contributed by atoms with Crippen LogP contribution in [0.4, 0.5) is 9.18 Å². The van der Waals surface area contributed by atoms with E-state index in [4.69, 9.17) is 14.2 Å². The number of ketones is 2. The van der Waals surface area contributed by atoms with Gasteiger partial charge in [0.15, 0.2) is 34.6 Å². The van der Waals surface area contributed by atoms with Crippen LogP contribution in [0.3, 0.4) is 0 Å². The molecule has 1 saturated heterocycles. The average Bonchev–Trinajstić information content (AvgIpc) is 3.86. The fourth-order valence-corrected chi connectivity index (χ4v) is 5.72. The highest BCUT2D eigenvalue weighted by molar-refractivity contribution is 6.11. The van der Waals surface area contributed by atoms with Gasteiger partial charge in [0.2, 0.25) is 5.88 Å². The second-order valence-corrected chi connectivity index (χ2v) is 11.9. The van der Waals surface area contributed by atoms with Crippen LogP contribution in [0.1, 0.15) is 36.5 Å². The number of amides is 1. The van der Waals surface area contributed by atoms with Gasteiger partial charge in [0.1, 0.15) is 6.33 Å². The van der Waals surface area contributed by atoms with E-state index in [0.717, 1.165) is 11.1 Å². The summed E-state index contributed by atoms with van der Waals surface area (Å²) in [6.45, 7) is 5.77. The largest absolute Gasteiger partial charge is 0.493 e. The molecule has 1 N–H and O–H groups in total. The second-order valence-electron chi connectivity index (χ2n) is 11.9. The summed E-state index contributed by atoms with van der Waals surface area (Å²) in [7, 11) is 1.44. The fraction of sp³-hybridized carbons (Fsp3) is 0.343. The van der Waals surface area contributed by atoms with E-state index in [2.05, 4.69) is 15.3 Å². The first-order valence-electron chi connectivity index (χ1n) is 15.3. The number of carbonyl (C=O) groups excluding carboxylic acids is 3. The maximum absolute atomic E-state index is 15.3. The third kappa shape index (κ3) is 6.41. The predicted octanol–water partition coefficient (Wildman–Crippen LogP) is 5.37. The van der Waals surface area contributed by atoms with Crippen LogP contribution in [0.15, 0.2) is 60.9 Å². The number of rotatable bonds is 10. The van der Waals surface area contributed by atoms with Crippen LogP contribution in [0.25, 0.3) is 10.9 Å². The molecule has 6 rings (SSSR count). The summed E-state index contributed by atoms with van der Waals surface area (Å²) in [5, 5.41) is 3.65. The molecule has 1 atom stereocenters. The molecule has 1 aliphatic carbocycles. The number of carbonyl (C=O) groups is 3. The van der Waals surface area contributed by atoms with E-state index in [9.17, 15) is 14.4 Å². The van der Waals surface area contributed by atoms with Gasteiger partial charge in [-0.25, -0.2) is 19.2 Å². The Morgan fingerprint density at radius 2 is 1.67 bits per heavy atom. The van der Waals surface area contributed by atoms with Crippen LogP contribution < -0.4 is 19.5 Å². The fourth-order valence-electron chi connectivity index (χ4n) is 5.72. The summed E-state index contributed by atoms with van der Waals surface area (Å²) in [6, 6.07) is 15.1. The number of piperazine rings is 1. The van der Waals surface area contributed by atoms with Crippen molar-refractivity contribution in [3.63, 3.8) is 0 Å². The van der Waals surface area contributed by atoms with Crippen molar-refractivity contribution < 1.29 is 33.0 Å². The van der Waals surface area contributed by atoms with Gasteiger partial charge in [-0.15, -0.1) is 0 Å². The van der Waals surface area contributed by atoms with Crippen molar-refractivity contribution in [3.05, 3.63) is 83.4 Å². The van der Waals surface area contributed by atoms with Crippen LogP contribution in [0, 0.1) is 18.2 Å². The highest BCUT2D eigenvalue weighted by Gasteiger charge is 2.54. The summed E-state index contributed by atoms with van der Waals surface area (Å²) in [6.07, 6.45) is 1.94. The van der Waals surface area contributed by atoms with E-state index >= 15 is 4.39 Å². The molecule has 4 aromatic rings. The van der Waals surface area contributed by atoms with Crippen LogP contribution in [-0.2, 0) is 22.4 Å². The Labute approximate surface area is 265 Å². The molecule has 3 aromatic carbocycles. The lowest BCUT2D eigenvalue weighted by atomic mass is 9.87. The standard InChI is InChI=1S/C35H35FN4O6/c1-21-4-6-23(7-5-21)15-31(41)35(10-11-35)32(42)16-24-8-9-28(26(36)14-24)45-33-25-17-29(44-3)30(18-27(25)38-20-39-33)46-34(43)40-13-12-37-19-22(40)2/h4-9,14,17-18,20,22,37H,10-13,15-16,19H2,1-3H3/t22-/m1/s1. The van der Waals surface area contributed by atoms with Gasteiger partial charge in [-0.1, -0.05) is 35.9 Å². The molecule has 0 bridgehead atoms. The van der Waals surface area contributed by atoms with E-state index in [1.165, 1.54) is 25.6 Å². The van der Waals surface area contributed by atoms with Crippen molar-refractivity contribution in [1.29, 1.82) is 0 Å². The Morgan fingerprint density at radius 3 is 2.35 bits per heavy atom. The van der Waals surface area contributed by atoms with E-state index < -0.39 is 17.3 Å². The Bertz CT molecular complexity index is 1810. The minimum atomic E-state index is -0.994. The number of hydrogen-bond acceptors (Lipinski definition) is 9. The Morgan fingerprint density at radius 1 is 0.957 bits per heavy atom. The zero-order chi connectivity index (χ0) is 32.4. The first-order chi connectivity index (χ1) is 22.2. The molecular weight excluding hydrogens is 591 g/mol. The summed E-state index contributed by atoms with van der Waals surface area (Å²) >= 11 is 0. The third-order valence-corrected chi connectivity index (χ3v) is 8.69.